The van der Waals surface area contributed by atoms with Gasteiger partial charge in [-0.25, -0.2) is 9.97 Å². The van der Waals surface area contributed by atoms with Crippen LogP contribution in [-0.2, 0) is 0 Å². The summed E-state index contributed by atoms with van der Waals surface area (Å²) in [5.74, 6) is 2.93. The lowest BCUT2D eigenvalue weighted by molar-refractivity contribution is 0.551. The highest BCUT2D eigenvalue weighted by Crippen LogP contribution is 2.25. The maximum Gasteiger partial charge on any atom is 0.134 e. The quantitative estimate of drug-likeness (QED) is 0.889. The molecule has 1 N–H and O–H groups in total. The zero-order valence-electron chi connectivity index (χ0n) is 13.2. The Labute approximate surface area is 123 Å². The molecule has 1 fully saturated rings. The highest BCUT2D eigenvalue weighted by atomic mass is 15.2. The molecule has 1 atom stereocenters. The van der Waals surface area contributed by atoms with Crippen molar-refractivity contribution in [3.8, 4) is 0 Å². The summed E-state index contributed by atoms with van der Waals surface area (Å²) in [6.45, 7) is 8.53. The molecule has 0 spiro atoms. The van der Waals surface area contributed by atoms with Crippen LogP contribution < -0.4 is 10.2 Å². The smallest absolute Gasteiger partial charge is 0.134 e. The zero-order valence-corrected chi connectivity index (χ0v) is 13.2. The number of anilines is 2. The average Bonchev–Trinajstić information content (AvgIpc) is 2.69. The van der Waals surface area contributed by atoms with Crippen LogP contribution in [0.3, 0.4) is 0 Å². The molecule has 1 aliphatic heterocycles. The standard InChI is InChI=1S/C16H28N4/c1-4-10-17-15-12-16(19-13(3)18-15)20-11-8-6-7-9-14(20)5-2/h12,14H,4-11H2,1-3H3,(H,17,18,19). The first-order chi connectivity index (χ1) is 9.74. The summed E-state index contributed by atoms with van der Waals surface area (Å²) in [6.07, 6.45) is 7.56. The van der Waals surface area contributed by atoms with Gasteiger partial charge >= 0.3 is 0 Å². The minimum Gasteiger partial charge on any atom is -0.370 e. The SMILES string of the molecule is CCCNc1cc(N2CCCCCC2CC)nc(C)n1. The van der Waals surface area contributed by atoms with Crippen LogP contribution in [0.15, 0.2) is 6.07 Å². The molecule has 2 heterocycles. The molecule has 0 amide bonds. The maximum absolute atomic E-state index is 4.68. The number of hydrogen-bond donors (Lipinski definition) is 1. The van der Waals surface area contributed by atoms with Gasteiger partial charge in [0.1, 0.15) is 17.5 Å². The van der Waals surface area contributed by atoms with Crippen molar-refractivity contribution in [1.82, 2.24) is 9.97 Å². The van der Waals surface area contributed by atoms with E-state index in [1.54, 1.807) is 0 Å². The second-order valence-electron chi connectivity index (χ2n) is 5.69. The first-order valence-electron chi connectivity index (χ1n) is 8.10. The lowest BCUT2D eigenvalue weighted by Crippen LogP contribution is -2.35. The summed E-state index contributed by atoms with van der Waals surface area (Å²) in [5, 5.41) is 3.39. The van der Waals surface area contributed by atoms with Crippen molar-refractivity contribution >= 4 is 11.6 Å². The normalized spacial score (nSPS) is 19.8. The Morgan fingerprint density at radius 3 is 2.85 bits per heavy atom. The summed E-state index contributed by atoms with van der Waals surface area (Å²) in [5.41, 5.74) is 0. The molecule has 1 saturated heterocycles. The van der Waals surface area contributed by atoms with E-state index in [-0.39, 0.29) is 0 Å². The first-order valence-corrected chi connectivity index (χ1v) is 8.10. The van der Waals surface area contributed by atoms with Crippen LogP contribution in [0.1, 0.15) is 58.2 Å². The van der Waals surface area contributed by atoms with Crippen LogP contribution >= 0.6 is 0 Å². The average molecular weight is 276 g/mol. The van der Waals surface area contributed by atoms with Crippen molar-refractivity contribution in [2.45, 2.75) is 65.3 Å². The van der Waals surface area contributed by atoms with E-state index in [0.717, 1.165) is 37.0 Å². The Kier molecular flexibility index (Phi) is 5.62. The van der Waals surface area contributed by atoms with Crippen LogP contribution in [0.4, 0.5) is 11.6 Å². The third-order valence-electron chi connectivity index (χ3n) is 4.02. The minimum atomic E-state index is 0.630. The molecule has 0 saturated carbocycles. The molecular formula is C16H28N4. The fraction of sp³-hybridized carbons (Fsp3) is 0.750. The summed E-state index contributed by atoms with van der Waals surface area (Å²) in [4.78, 5) is 11.7. The molecule has 0 aromatic carbocycles. The van der Waals surface area contributed by atoms with Gasteiger partial charge in [0.2, 0.25) is 0 Å². The van der Waals surface area contributed by atoms with Crippen LogP contribution in [0.5, 0.6) is 0 Å². The van der Waals surface area contributed by atoms with Crippen molar-refractivity contribution in [3.63, 3.8) is 0 Å². The van der Waals surface area contributed by atoms with Gasteiger partial charge in [-0.2, -0.15) is 0 Å². The lowest BCUT2D eigenvalue weighted by atomic mass is 10.1. The number of aromatic nitrogens is 2. The van der Waals surface area contributed by atoms with Crippen molar-refractivity contribution in [2.24, 2.45) is 0 Å². The van der Waals surface area contributed by atoms with E-state index in [1.165, 1.54) is 32.1 Å². The molecule has 4 heteroatoms. The van der Waals surface area contributed by atoms with Crippen molar-refractivity contribution < 1.29 is 0 Å². The maximum atomic E-state index is 4.68. The molecule has 1 unspecified atom stereocenters. The summed E-state index contributed by atoms with van der Waals surface area (Å²) in [6, 6.07) is 2.75. The first kappa shape index (κ1) is 15.1. The van der Waals surface area contributed by atoms with Gasteiger partial charge in [0.15, 0.2) is 0 Å². The molecule has 0 aliphatic carbocycles. The van der Waals surface area contributed by atoms with Crippen LogP contribution in [-0.4, -0.2) is 29.1 Å². The highest BCUT2D eigenvalue weighted by molar-refractivity contribution is 5.50. The zero-order chi connectivity index (χ0) is 14.4. The van der Waals surface area contributed by atoms with Gasteiger partial charge in [0.25, 0.3) is 0 Å². The minimum absolute atomic E-state index is 0.630. The molecule has 1 aliphatic rings. The van der Waals surface area contributed by atoms with Gasteiger partial charge in [-0.1, -0.05) is 26.7 Å². The van der Waals surface area contributed by atoms with Crippen LogP contribution in [0.25, 0.3) is 0 Å². The van der Waals surface area contributed by atoms with E-state index >= 15 is 0 Å². The topological polar surface area (TPSA) is 41.0 Å². The largest absolute Gasteiger partial charge is 0.370 e. The highest BCUT2D eigenvalue weighted by Gasteiger charge is 2.21. The van der Waals surface area contributed by atoms with Crippen molar-refractivity contribution in [1.29, 1.82) is 0 Å². The number of rotatable bonds is 5. The molecule has 20 heavy (non-hydrogen) atoms. The van der Waals surface area contributed by atoms with E-state index in [2.05, 4.69) is 40.1 Å². The van der Waals surface area contributed by atoms with Gasteiger partial charge in [0, 0.05) is 25.2 Å². The number of nitrogens with zero attached hydrogens (tertiary/aromatic N) is 3. The molecule has 0 bridgehead atoms. The van der Waals surface area contributed by atoms with Crippen LogP contribution in [0, 0.1) is 6.92 Å². The Morgan fingerprint density at radius 1 is 1.25 bits per heavy atom. The fourth-order valence-corrected chi connectivity index (χ4v) is 2.95. The second-order valence-corrected chi connectivity index (χ2v) is 5.69. The van der Waals surface area contributed by atoms with Gasteiger partial charge in [-0.15, -0.1) is 0 Å². The molecule has 2 rings (SSSR count). The van der Waals surface area contributed by atoms with Gasteiger partial charge in [-0.05, 0) is 32.6 Å². The molecular weight excluding hydrogens is 248 g/mol. The Morgan fingerprint density at radius 2 is 2.10 bits per heavy atom. The number of aryl methyl sites for hydroxylation is 1. The van der Waals surface area contributed by atoms with Crippen molar-refractivity contribution in [2.75, 3.05) is 23.3 Å². The van der Waals surface area contributed by atoms with Gasteiger partial charge in [0.05, 0.1) is 0 Å². The third kappa shape index (κ3) is 3.84. The second kappa shape index (κ2) is 7.46. The van der Waals surface area contributed by atoms with E-state index in [1.807, 2.05) is 6.92 Å². The monoisotopic (exact) mass is 276 g/mol. The van der Waals surface area contributed by atoms with E-state index in [9.17, 15) is 0 Å². The number of nitrogens with one attached hydrogen (secondary N) is 1. The molecule has 1 aromatic heterocycles. The molecule has 0 radical (unpaired) electrons. The Balaban J connectivity index is 2.22. The lowest BCUT2D eigenvalue weighted by Gasteiger charge is -2.30. The predicted molar refractivity (Wildman–Crippen MR) is 85.4 cm³/mol. The van der Waals surface area contributed by atoms with E-state index < -0.39 is 0 Å². The van der Waals surface area contributed by atoms with E-state index in [0.29, 0.717) is 6.04 Å². The fourth-order valence-electron chi connectivity index (χ4n) is 2.95. The number of hydrogen-bond acceptors (Lipinski definition) is 4. The Hall–Kier alpha value is -1.32. The van der Waals surface area contributed by atoms with Gasteiger partial charge < -0.3 is 10.2 Å². The van der Waals surface area contributed by atoms with E-state index in [4.69, 9.17) is 0 Å². The summed E-state index contributed by atoms with van der Waals surface area (Å²) < 4.78 is 0. The summed E-state index contributed by atoms with van der Waals surface area (Å²) >= 11 is 0. The summed E-state index contributed by atoms with van der Waals surface area (Å²) in [7, 11) is 0. The van der Waals surface area contributed by atoms with Crippen LogP contribution in [0.2, 0.25) is 0 Å². The van der Waals surface area contributed by atoms with Crippen molar-refractivity contribution in [3.05, 3.63) is 11.9 Å². The van der Waals surface area contributed by atoms with Gasteiger partial charge in [-0.3, -0.25) is 0 Å². The molecule has 1 aromatic rings. The molecule has 4 nitrogen and oxygen atoms in total. The molecule has 112 valence electrons. The predicted octanol–water partition coefficient (Wildman–Crippen LogP) is 3.77. The Bertz CT molecular complexity index is 419. The third-order valence-corrected chi connectivity index (χ3v) is 4.02.